The number of hydrogen-bond donors (Lipinski definition) is 3. The normalized spacial score (nSPS) is 26.9. The Bertz CT molecular complexity index is 1980. The largest absolute Gasteiger partial charge is 0.462 e. The van der Waals surface area contributed by atoms with Gasteiger partial charge in [0.05, 0.1) is 25.2 Å². The van der Waals surface area contributed by atoms with Crippen molar-refractivity contribution in [1.29, 1.82) is 0 Å². The van der Waals surface area contributed by atoms with E-state index in [2.05, 4.69) is 14.8 Å². The maximum absolute atomic E-state index is 14.5. The molecule has 2 saturated carbocycles. The van der Waals surface area contributed by atoms with Crippen molar-refractivity contribution in [3.63, 3.8) is 0 Å². The predicted octanol–water partition coefficient (Wildman–Crippen LogP) is 5.49. The summed E-state index contributed by atoms with van der Waals surface area (Å²) in [5.41, 5.74) is -0.365. The van der Waals surface area contributed by atoms with E-state index in [-0.39, 0.29) is 56.6 Å². The molecule has 0 aromatic heterocycles. The standard InChI is InChI=1S/C40H49ClFN5O9S/c41-28-15-17-29(18-16-28)44-57(53,54)45-38(51)40-21-27(40)11-5-3-1-2-4-9-25(19-35(48)55-30-12-6-7-13-30)37(50)47-23-31(20-34(47)36(49)43-40)56-39(52)46-22-26-10-8-14-33(42)32(26)24-46/h8,10,14-18,25,27,30-31,34,44H,1-7,9,11-13,19-24H2,(H,43,49)(H,45,51)/t25-,27-,31-,34+,40-/m1/s1. The van der Waals surface area contributed by atoms with Gasteiger partial charge in [0, 0.05) is 29.5 Å². The number of nitrogens with one attached hydrogen (secondary N) is 3. The lowest BCUT2D eigenvalue weighted by Gasteiger charge is -2.29. The molecular weight excluding hydrogens is 781 g/mol. The fourth-order valence-electron chi connectivity index (χ4n) is 8.78. The van der Waals surface area contributed by atoms with Gasteiger partial charge >= 0.3 is 22.3 Å². The second-order valence-electron chi connectivity index (χ2n) is 16.0. The molecule has 0 radical (unpaired) electrons. The van der Waals surface area contributed by atoms with Crippen LogP contribution in [0.3, 0.4) is 0 Å². The number of rotatable bonds is 8. The van der Waals surface area contributed by atoms with Crippen molar-refractivity contribution >= 4 is 57.3 Å². The molecule has 0 bridgehead atoms. The van der Waals surface area contributed by atoms with E-state index in [1.165, 1.54) is 40.1 Å². The smallest absolute Gasteiger partial charge is 0.410 e. The first-order chi connectivity index (χ1) is 27.3. The van der Waals surface area contributed by atoms with E-state index in [1.807, 2.05) is 0 Å². The number of nitrogens with zero attached hydrogens (tertiary/aromatic N) is 2. The van der Waals surface area contributed by atoms with Crippen molar-refractivity contribution in [3.8, 4) is 0 Å². The SMILES string of the molecule is O=C(C[C@H]1CCCCCCC[C@@H]2C[C@@]2(C(=O)NS(=O)(=O)Nc2ccc(Cl)cc2)NC(=O)[C@@H]2C[C@@H](OC(=O)N3Cc4cccc(F)c4C3)CN2C1=O)OC1CCCC1. The van der Waals surface area contributed by atoms with Crippen LogP contribution in [0.15, 0.2) is 42.5 Å². The monoisotopic (exact) mass is 829 g/mol. The Morgan fingerprint density at radius 2 is 1.60 bits per heavy atom. The number of carbonyl (C=O) groups excluding carboxylic acids is 5. The number of halogens is 2. The van der Waals surface area contributed by atoms with Gasteiger partial charge in [-0.2, -0.15) is 8.42 Å². The molecule has 4 fully saturated rings. The summed E-state index contributed by atoms with van der Waals surface area (Å²) in [4.78, 5) is 72.1. The fraction of sp³-hybridized carbons (Fsp3) is 0.575. The highest BCUT2D eigenvalue weighted by molar-refractivity contribution is 7.91. The molecule has 57 heavy (non-hydrogen) atoms. The number of esters is 1. The van der Waals surface area contributed by atoms with Crippen LogP contribution in [0.2, 0.25) is 5.02 Å². The molecule has 5 atom stereocenters. The minimum absolute atomic E-state index is 0.000102. The minimum atomic E-state index is -4.44. The van der Waals surface area contributed by atoms with Crippen LogP contribution in [-0.2, 0) is 52.0 Å². The maximum Gasteiger partial charge on any atom is 0.410 e. The molecule has 2 aromatic carbocycles. The summed E-state index contributed by atoms with van der Waals surface area (Å²) in [7, 11) is -4.44. The van der Waals surface area contributed by atoms with E-state index in [0.29, 0.717) is 35.4 Å². The Hall–Kier alpha value is -4.44. The zero-order valence-electron chi connectivity index (χ0n) is 31.7. The molecule has 2 aromatic rings. The molecule has 0 spiro atoms. The molecule has 3 N–H and O–H groups in total. The highest BCUT2D eigenvalue weighted by Crippen LogP contribution is 2.48. The second-order valence-corrected chi connectivity index (χ2v) is 17.9. The van der Waals surface area contributed by atoms with Crippen LogP contribution in [0.25, 0.3) is 0 Å². The Morgan fingerprint density at radius 1 is 0.895 bits per heavy atom. The predicted molar refractivity (Wildman–Crippen MR) is 206 cm³/mol. The van der Waals surface area contributed by atoms with Gasteiger partial charge < -0.3 is 19.7 Å². The van der Waals surface area contributed by atoms with E-state index in [4.69, 9.17) is 21.1 Å². The summed E-state index contributed by atoms with van der Waals surface area (Å²) in [5, 5.41) is 3.23. The summed E-state index contributed by atoms with van der Waals surface area (Å²) < 4.78 is 56.7. The first-order valence-corrected chi connectivity index (χ1v) is 21.8. The highest BCUT2D eigenvalue weighted by Gasteiger charge is 2.62. The van der Waals surface area contributed by atoms with Gasteiger partial charge in [0.1, 0.15) is 29.6 Å². The van der Waals surface area contributed by atoms with Crippen molar-refractivity contribution in [2.75, 3.05) is 11.3 Å². The first-order valence-electron chi connectivity index (χ1n) is 19.9. The van der Waals surface area contributed by atoms with Crippen LogP contribution in [0.1, 0.15) is 101 Å². The van der Waals surface area contributed by atoms with Crippen molar-refractivity contribution in [2.45, 2.75) is 127 Å². The molecule has 308 valence electrons. The molecule has 3 aliphatic heterocycles. The van der Waals surface area contributed by atoms with Gasteiger partial charge in [0.25, 0.3) is 5.91 Å². The molecule has 14 nitrogen and oxygen atoms in total. The summed E-state index contributed by atoms with van der Waals surface area (Å²) in [6, 6.07) is 9.26. The van der Waals surface area contributed by atoms with Gasteiger partial charge in [0.15, 0.2) is 0 Å². The average molecular weight is 830 g/mol. The van der Waals surface area contributed by atoms with Gasteiger partial charge in [-0.05, 0) is 86.8 Å². The molecule has 17 heteroatoms. The van der Waals surface area contributed by atoms with E-state index in [0.717, 1.165) is 51.4 Å². The van der Waals surface area contributed by atoms with Gasteiger partial charge in [0.2, 0.25) is 11.8 Å². The second kappa shape index (κ2) is 17.2. The minimum Gasteiger partial charge on any atom is -0.462 e. The van der Waals surface area contributed by atoms with Gasteiger partial charge in [-0.25, -0.2) is 13.9 Å². The number of anilines is 1. The third-order valence-electron chi connectivity index (χ3n) is 11.9. The highest BCUT2D eigenvalue weighted by atomic mass is 35.5. The third-order valence-corrected chi connectivity index (χ3v) is 13.2. The molecule has 7 rings (SSSR count). The number of ether oxygens (including phenoxy) is 2. The molecule has 4 amide bonds. The van der Waals surface area contributed by atoms with Gasteiger partial charge in [-0.3, -0.25) is 28.8 Å². The van der Waals surface area contributed by atoms with E-state index < -0.39 is 69.4 Å². The topological polar surface area (TPSA) is 181 Å². The van der Waals surface area contributed by atoms with Crippen molar-refractivity contribution in [3.05, 3.63) is 64.4 Å². The van der Waals surface area contributed by atoms with E-state index in [1.54, 1.807) is 12.1 Å². The molecule has 2 aliphatic carbocycles. The van der Waals surface area contributed by atoms with Crippen LogP contribution >= 0.6 is 11.6 Å². The van der Waals surface area contributed by atoms with Gasteiger partial charge in [-0.1, -0.05) is 55.8 Å². The first kappa shape index (κ1) is 40.7. The van der Waals surface area contributed by atoms with Gasteiger partial charge in [-0.15, -0.1) is 0 Å². The lowest BCUT2D eigenvalue weighted by molar-refractivity contribution is -0.154. The Kier molecular flexibility index (Phi) is 12.3. The molecule has 5 aliphatic rings. The van der Waals surface area contributed by atoms with Crippen LogP contribution < -0.4 is 14.8 Å². The number of carbonyl (C=O) groups is 5. The molecule has 2 saturated heterocycles. The molecular formula is C40H49ClFN5O9S. The molecule has 0 unspecified atom stereocenters. The Morgan fingerprint density at radius 3 is 2.33 bits per heavy atom. The summed E-state index contributed by atoms with van der Waals surface area (Å²) in [6.45, 7) is -0.0285. The fourth-order valence-corrected chi connectivity index (χ4v) is 9.83. The number of benzene rings is 2. The Labute approximate surface area is 336 Å². The summed E-state index contributed by atoms with van der Waals surface area (Å²) >= 11 is 5.93. The number of hydrogen-bond acceptors (Lipinski definition) is 9. The van der Waals surface area contributed by atoms with Crippen molar-refractivity contribution in [2.24, 2.45) is 11.8 Å². The van der Waals surface area contributed by atoms with Crippen LogP contribution in [-0.4, -0.2) is 78.3 Å². The van der Waals surface area contributed by atoms with Crippen LogP contribution in [0.4, 0.5) is 14.9 Å². The lowest BCUT2D eigenvalue weighted by atomic mass is 9.95. The average Bonchev–Trinajstić information content (AvgIpc) is 3.59. The van der Waals surface area contributed by atoms with Crippen LogP contribution in [0, 0.1) is 17.7 Å². The number of amides is 4. The van der Waals surface area contributed by atoms with Crippen molar-refractivity contribution in [1.82, 2.24) is 19.8 Å². The zero-order chi connectivity index (χ0) is 40.3. The van der Waals surface area contributed by atoms with Crippen molar-refractivity contribution < 1.29 is 46.3 Å². The Balaban J connectivity index is 1.11. The maximum atomic E-state index is 14.5. The van der Waals surface area contributed by atoms with E-state index in [9.17, 15) is 36.8 Å². The third kappa shape index (κ3) is 9.65. The lowest BCUT2D eigenvalue weighted by Crippen LogP contribution is -2.57. The molecule has 3 heterocycles. The quantitative estimate of drug-likeness (QED) is 0.290. The summed E-state index contributed by atoms with van der Waals surface area (Å²) in [5.74, 6) is -4.18. The van der Waals surface area contributed by atoms with E-state index >= 15 is 0 Å². The summed E-state index contributed by atoms with van der Waals surface area (Å²) in [6.07, 6.45) is 6.33. The zero-order valence-corrected chi connectivity index (χ0v) is 33.3. The number of fused-ring (bicyclic) bond motifs is 3. The van der Waals surface area contributed by atoms with Crippen LogP contribution in [0.5, 0.6) is 0 Å².